The van der Waals surface area contributed by atoms with E-state index in [0.29, 0.717) is 44.9 Å². The van der Waals surface area contributed by atoms with E-state index in [-0.39, 0.29) is 23.6 Å². The zero-order valence-corrected chi connectivity index (χ0v) is 17.6. The number of carbonyl (C=O) groups excluding carboxylic acids is 1. The lowest BCUT2D eigenvalue weighted by atomic mass is 10.1. The van der Waals surface area contributed by atoms with Gasteiger partial charge in [0.1, 0.15) is 11.6 Å². The Morgan fingerprint density at radius 1 is 1.10 bits per heavy atom. The van der Waals surface area contributed by atoms with E-state index in [1.54, 1.807) is 17.0 Å². The number of amides is 1. The molecule has 5 nitrogen and oxygen atoms in total. The lowest BCUT2D eigenvalue weighted by molar-refractivity contribution is -0.0433. The van der Waals surface area contributed by atoms with Crippen LogP contribution in [0.25, 0.3) is 0 Å². The van der Waals surface area contributed by atoms with Gasteiger partial charge in [0.05, 0.1) is 12.7 Å². The molecule has 0 aliphatic carbocycles. The summed E-state index contributed by atoms with van der Waals surface area (Å²) in [6.45, 7) is 4.33. The molecule has 1 aliphatic rings. The first-order valence-corrected chi connectivity index (χ1v) is 10.2. The molecule has 0 radical (unpaired) electrons. The van der Waals surface area contributed by atoms with Crippen LogP contribution in [0.1, 0.15) is 15.9 Å². The molecule has 0 aromatic heterocycles. The van der Waals surface area contributed by atoms with Crippen molar-refractivity contribution < 1.29 is 18.3 Å². The van der Waals surface area contributed by atoms with E-state index in [0.717, 1.165) is 12.1 Å². The number of ether oxygens (including phenoxy) is 1. The molecule has 7 heteroatoms. The summed E-state index contributed by atoms with van der Waals surface area (Å²) in [5, 5.41) is 0. The normalized spacial score (nSPS) is 17.3. The fourth-order valence-electron chi connectivity index (χ4n) is 3.55. The van der Waals surface area contributed by atoms with Crippen LogP contribution in [-0.2, 0) is 11.3 Å². The zero-order valence-electron chi connectivity index (χ0n) is 17.6. The van der Waals surface area contributed by atoms with Gasteiger partial charge in [-0.05, 0) is 56.1 Å². The molecule has 1 atom stereocenters. The van der Waals surface area contributed by atoms with Gasteiger partial charge < -0.3 is 14.5 Å². The van der Waals surface area contributed by atoms with Gasteiger partial charge in [-0.2, -0.15) is 0 Å². The third-order valence-corrected chi connectivity index (χ3v) is 5.14. The summed E-state index contributed by atoms with van der Waals surface area (Å²) >= 11 is 0. The monoisotopic (exact) mass is 417 g/mol. The second-order valence-corrected chi connectivity index (χ2v) is 7.92. The molecule has 0 N–H and O–H groups in total. The van der Waals surface area contributed by atoms with Crippen molar-refractivity contribution in [1.29, 1.82) is 0 Å². The number of hydrogen-bond donors (Lipinski definition) is 0. The molecule has 1 heterocycles. The van der Waals surface area contributed by atoms with Crippen molar-refractivity contribution in [2.45, 2.75) is 12.6 Å². The van der Waals surface area contributed by atoms with E-state index in [4.69, 9.17) is 4.74 Å². The van der Waals surface area contributed by atoms with Crippen LogP contribution in [0.2, 0.25) is 0 Å². The van der Waals surface area contributed by atoms with E-state index in [2.05, 4.69) is 4.90 Å². The fourth-order valence-corrected chi connectivity index (χ4v) is 3.55. The summed E-state index contributed by atoms with van der Waals surface area (Å²) in [7, 11) is 3.91. The van der Waals surface area contributed by atoms with E-state index >= 15 is 0 Å². The SMILES string of the molecule is CN(C)CCN(CC1CN(Cc2cccc(F)c2)CCO1)C(=O)c1ccc(F)cc1. The van der Waals surface area contributed by atoms with Crippen molar-refractivity contribution in [3.05, 3.63) is 71.3 Å². The standard InChI is InChI=1S/C23H29F2N3O2/c1-26(2)10-11-28(23(29)19-6-8-20(24)9-7-19)17-22-16-27(12-13-30-22)15-18-4-3-5-21(25)14-18/h3-9,14,22H,10-13,15-17H2,1-2H3. The lowest BCUT2D eigenvalue weighted by Gasteiger charge is -2.36. The van der Waals surface area contributed by atoms with E-state index in [1.807, 2.05) is 25.1 Å². The molecule has 1 saturated heterocycles. The van der Waals surface area contributed by atoms with Crippen molar-refractivity contribution in [1.82, 2.24) is 14.7 Å². The Morgan fingerprint density at radius 2 is 1.87 bits per heavy atom. The number of hydrogen-bond acceptors (Lipinski definition) is 4. The Morgan fingerprint density at radius 3 is 2.57 bits per heavy atom. The number of likely N-dealkylation sites (N-methyl/N-ethyl adjacent to an activating group) is 1. The summed E-state index contributed by atoms with van der Waals surface area (Å²) in [5.41, 5.74) is 1.38. The topological polar surface area (TPSA) is 36.0 Å². The summed E-state index contributed by atoms with van der Waals surface area (Å²) in [5.74, 6) is -0.741. The van der Waals surface area contributed by atoms with Gasteiger partial charge in [-0.15, -0.1) is 0 Å². The average Bonchev–Trinajstić information content (AvgIpc) is 2.71. The molecule has 1 amide bonds. The quantitative estimate of drug-likeness (QED) is 0.662. The smallest absolute Gasteiger partial charge is 0.253 e. The molecule has 1 unspecified atom stereocenters. The number of rotatable bonds is 8. The summed E-state index contributed by atoms with van der Waals surface area (Å²) in [6, 6.07) is 12.2. The molecule has 2 aromatic carbocycles. The van der Waals surface area contributed by atoms with Crippen LogP contribution in [0.15, 0.2) is 48.5 Å². The minimum absolute atomic E-state index is 0.136. The maximum atomic E-state index is 13.5. The number of benzene rings is 2. The highest BCUT2D eigenvalue weighted by atomic mass is 19.1. The highest BCUT2D eigenvalue weighted by Crippen LogP contribution is 2.14. The van der Waals surface area contributed by atoms with Crippen LogP contribution < -0.4 is 0 Å². The molecule has 0 spiro atoms. The van der Waals surface area contributed by atoms with Crippen molar-refractivity contribution in [2.75, 3.05) is 53.4 Å². The minimum Gasteiger partial charge on any atom is -0.374 e. The van der Waals surface area contributed by atoms with Crippen LogP contribution in [0, 0.1) is 11.6 Å². The number of nitrogens with zero attached hydrogens (tertiary/aromatic N) is 3. The van der Waals surface area contributed by atoms with Gasteiger partial charge in [-0.3, -0.25) is 9.69 Å². The van der Waals surface area contributed by atoms with Gasteiger partial charge in [0.25, 0.3) is 5.91 Å². The first kappa shape index (κ1) is 22.3. The third-order valence-electron chi connectivity index (χ3n) is 5.14. The third kappa shape index (κ3) is 6.58. The van der Waals surface area contributed by atoms with Crippen molar-refractivity contribution in [3.8, 4) is 0 Å². The molecule has 162 valence electrons. The first-order chi connectivity index (χ1) is 14.4. The second-order valence-electron chi connectivity index (χ2n) is 7.92. The van der Waals surface area contributed by atoms with Crippen molar-refractivity contribution >= 4 is 5.91 Å². The van der Waals surface area contributed by atoms with Gasteiger partial charge >= 0.3 is 0 Å². The molecular formula is C23H29F2N3O2. The second kappa shape index (κ2) is 10.6. The Balaban J connectivity index is 1.65. The lowest BCUT2D eigenvalue weighted by Crippen LogP contribution is -2.49. The number of halogens is 2. The predicted molar refractivity (Wildman–Crippen MR) is 112 cm³/mol. The molecule has 3 rings (SSSR count). The van der Waals surface area contributed by atoms with Crippen LogP contribution >= 0.6 is 0 Å². The van der Waals surface area contributed by atoms with Crippen LogP contribution in [0.4, 0.5) is 8.78 Å². The molecule has 1 aliphatic heterocycles. The van der Waals surface area contributed by atoms with Gasteiger partial charge in [0, 0.05) is 44.8 Å². The Bertz CT molecular complexity index is 829. The number of carbonyl (C=O) groups is 1. The maximum absolute atomic E-state index is 13.5. The van der Waals surface area contributed by atoms with Crippen LogP contribution in [0.3, 0.4) is 0 Å². The molecule has 1 fully saturated rings. The van der Waals surface area contributed by atoms with Gasteiger partial charge in [-0.1, -0.05) is 12.1 Å². The molecule has 30 heavy (non-hydrogen) atoms. The van der Waals surface area contributed by atoms with Crippen molar-refractivity contribution in [3.63, 3.8) is 0 Å². The summed E-state index contributed by atoms with van der Waals surface area (Å²) in [6.07, 6.45) is -0.140. The molecular weight excluding hydrogens is 388 g/mol. The minimum atomic E-state index is -0.366. The van der Waals surface area contributed by atoms with Gasteiger partial charge in [0.15, 0.2) is 0 Å². The van der Waals surface area contributed by atoms with Crippen LogP contribution in [0.5, 0.6) is 0 Å². The molecule has 2 aromatic rings. The van der Waals surface area contributed by atoms with Crippen LogP contribution in [-0.4, -0.2) is 80.1 Å². The Labute approximate surface area is 176 Å². The summed E-state index contributed by atoms with van der Waals surface area (Å²) in [4.78, 5) is 19.0. The first-order valence-electron chi connectivity index (χ1n) is 10.2. The van der Waals surface area contributed by atoms with E-state index in [9.17, 15) is 13.6 Å². The summed E-state index contributed by atoms with van der Waals surface area (Å²) < 4.78 is 32.7. The average molecular weight is 418 g/mol. The largest absolute Gasteiger partial charge is 0.374 e. The van der Waals surface area contributed by atoms with Gasteiger partial charge in [0.2, 0.25) is 0 Å². The maximum Gasteiger partial charge on any atom is 0.253 e. The Hall–Kier alpha value is -2.35. The van der Waals surface area contributed by atoms with E-state index < -0.39 is 0 Å². The molecule has 0 saturated carbocycles. The fraction of sp³-hybridized carbons (Fsp3) is 0.435. The molecule has 0 bridgehead atoms. The zero-order chi connectivity index (χ0) is 21.5. The van der Waals surface area contributed by atoms with E-state index in [1.165, 1.54) is 30.3 Å². The van der Waals surface area contributed by atoms with Crippen molar-refractivity contribution in [2.24, 2.45) is 0 Å². The van der Waals surface area contributed by atoms with Gasteiger partial charge in [-0.25, -0.2) is 8.78 Å². The highest BCUT2D eigenvalue weighted by Gasteiger charge is 2.26. The Kier molecular flexibility index (Phi) is 7.90. The predicted octanol–water partition coefficient (Wildman–Crippen LogP) is 2.87. The highest BCUT2D eigenvalue weighted by molar-refractivity contribution is 5.94. The number of morpholine rings is 1.